The summed E-state index contributed by atoms with van der Waals surface area (Å²) in [7, 11) is 0. The SMILES string of the molecule is CCOn1c(C(N)=O)nc2cc(C#N)c(F)c(C3CCCCC3)c2c1=O. The van der Waals surface area contributed by atoms with E-state index in [-0.39, 0.29) is 40.4 Å². The summed E-state index contributed by atoms with van der Waals surface area (Å²) in [6.45, 7) is 1.74. The van der Waals surface area contributed by atoms with Gasteiger partial charge < -0.3 is 10.6 Å². The Hall–Kier alpha value is -2.95. The fourth-order valence-corrected chi connectivity index (χ4v) is 3.60. The summed E-state index contributed by atoms with van der Waals surface area (Å²) in [6, 6.07) is 2.99. The van der Waals surface area contributed by atoms with E-state index in [0.29, 0.717) is 0 Å². The molecule has 0 bridgehead atoms. The van der Waals surface area contributed by atoms with Crippen molar-refractivity contribution in [2.45, 2.75) is 44.9 Å². The summed E-state index contributed by atoms with van der Waals surface area (Å²) in [4.78, 5) is 34.0. The fraction of sp³-hybridized carbons (Fsp3) is 0.444. The second kappa shape index (κ2) is 7.12. The van der Waals surface area contributed by atoms with E-state index in [0.717, 1.165) is 36.8 Å². The molecular formula is C18H19FN4O3. The first kappa shape index (κ1) is 17.9. The van der Waals surface area contributed by atoms with Crippen LogP contribution in [0.1, 0.15) is 66.7 Å². The van der Waals surface area contributed by atoms with Gasteiger partial charge in [-0.2, -0.15) is 5.26 Å². The van der Waals surface area contributed by atoms with Crippen LogP contribution in [0.4, 0.5) is 4.39 Å². The average Bonchev–Trinajstić information content (AvgIpc) is 2.64. The van der Waals surface area contributed by atoms with Gasteiger partial charge in [-0.15, -0.1) is 4.73 Å². The molecule has 1 aliphatic carbocycles. The molecule has 1 aliphatic rings. The number of aromatic nitrogens is 2. The Labute approximate surface area is 149 Å². The first-order valence-corrected chi connectivity index (χ1v) is 8.61. The molecular weight excluding hydrogens is 339 g/mol. The number of carbonyl (C=O) groups excluding carboxylic acids is 1. The zero-order valence-electron chi connectivity index (χ0n) is 14.4. The molecule has 0 unspecified atom stereocenters. The van der Waals surface area contributed by atoms with Gasteiger partial charge in [-0.25, -0.2) is 9.37 Å². The number of benzene rings is 1. The van der Waals surface area contributed by atoms with Gasteiger partial charge in [-0.3, -0.25) is 9.59 Å². The normalized spacial score (nSPS) is 15.0. The lowest BCUT2D eigenvalue weighted by Gasteiger charge is -2.24. The Morgan fingerprint density at radius 3 is 2.73 bits per heavy atom. The minimum absolute atomic E-state index is 0.0480. The summed E-state index contributed by atoms with van der Waals surface area (Å²) in [6.07, 6.45) is 4.37. The van der Waals surface area contributed by atoms with Gasteiger partial charge in [0.15, 0.2) is 0 Å². The Morgan fingerprint density at radius 2 is 2.15 bits per heavy atom. The topological polar surface area (TPSA) is 111 Å². The number of halogens is 1. The lowest BCUT2D eigenvalue weighted by atomic mass is 9.81. The molecule has 2 N–H and O–H groups in total. The van der Waals surface area contributed by atoms with Crippen LogP contribution in [0.15, 0.2) is 10.9 Å². The van der Waals surface area contributed by atoms with Crippen LogP contribution in [0.2, 0.25) is 0 Å². The van der Waals surface area contributed by atoms with Crippen molar-refractivity contribution >= 4 is 16.8 Å². The third-order valence-electron chi connectivity index (χ3n) is 4.71. The number of fused-ring (bicyclic) bond motifs is 1. The van der Waals surface area contributed by atoms with Crippen LogP contribution in [0.25, 0.3) is 10.9 Å². The molecule has 3 rings (SSSR count). The summed E-state index contributed by atoms with van der Waals surface area (Å²) in [5, 5.41) is 9.32. The number of hydrogen-bond donors (Lipinski definition) is 1. The fourth-order valence-electron chi connectivity index (χ4n) is 3.60. The summed E-state index contributed by atoms with van der Waals surface area (Å²) < 4.78 is 15.7. The van der Waals surface area contributed by atoms with Gasteiger partial charge in [0, 0.05) is 5.56 Å². The van der Waals surface area contributed by atoms with Crippen LogP contribution in [0, 0.1) is 17.1 Å². The van der Waals surface area contributed by atoms with E-state index < -0.39 is 17.3 Å². The minimum Gasteiger partial charge on any atom is -0.409 e. The molecule has 1 saturated carbocycles. The molecule has 1 aromatic heterocycles. The van der Waals surface area contributed by atoms with Gasteiger partial charge in [0.05, 0.1) is 16.5 Å². The molecule has 0 atom stereocenters. The molecule has 0 radical (unpaired) electrons. The summed E-state index contributed by atoms with van der Waals surface area (Å²) in [5.74, 6) is -2.20. The van der Waals surface area contributed by atoms with E-state index in [1.807, 2.05) is 0 Å². The first-order valence-electron chi connectivity index (χ1n) is 8.61. The van der Waals surface area contributed by atoms with Crippen LogP contribution >= 0.6 is 0 Å². The number of hydrogen-bond acceptors (Lipinski definition) is 5. The maximum atomic E-state index is 15.0. The van der Waals surface area contributed by atoms with Crippen LogP contribution in [-0.2, 0) is 0 Å². The van der Waals surface area contributed by atoms with Crippen LogP contribution in [0.5, 0.6) is 0 Å². The van der Waals surface area contributed by atoms with E-state index in [9.17, 15) is 14.9 Å². The van der Waals surface area contributed by atoms with Crippen LogP contribution < -0.4 is 16.1 Å². The zero-order chi connectivity index (χ0) is 18.8. The maximum absolute atomic E-state index is 15.0. The van der Waals surface area contributed by atoms with Crippen molar-refractivity contribution in [3.05, 3.63) is 39.2 Å². The molecule has 2 aromatic rings. The zero-order valence-corrected chi connectivity index (χ0v) is 14.4. The van der Waals surface area contributed by atoms with Crippen molar-refractivity contribution in [1.29, 1.82) is 5.26 Å². The van der Waals surface area contributed by atoms with Gasteiger partial charge in [0.1, 0.15) is 18.5 Å². The monoisotopic (exact) mass is 358 g/mol. The predicted molar refractivity (Wildman–Crippen MR) is 92.1 cm³/mol. The molecule has 7 nitrogen and oxygen atoms in total. The quantitative estimate of drug-likeness (QED) is 0.898. The molecule has 1 fully saturated rings. The van der Waals surface area contributed by atoms with Gasteiger partial charge in [0.2, 0.25) is 5.82 Å². The van der Waals surface area contributed by atoms with E-state index in [2.05, 4.69) is 4.98 Å². The number of carbonyl (C=O) groups is 1. The Morgan fingerprint density at radius 1 is 1.46 bits per heavy atom. The molecule has 0 saturated heterocycles. The Balaban J connectivity index is 2.42. The third kappa shape index (κ3) is 2.90. The molecule has 1 aromatic carbocycles. The molecule has 8 heteroatoms. The van der Waals surface area contributed by atoms with Crippen LogP contribution in [0.3, 0.4) is 0 Å². The third-order valence-corrected chi connectivity index (χ3v) is 4.71. The van der Waals surface area contributed by atoms with Crippen molar-refractivity contribution in [3.63, 3.8) is 0 Å². The second-order valence-corrected chi connectivity index (χ2v) is 6.31. The number of nitrogens with zero attached hydrogens (tertiary/aromatic N) is 3. The highest BCUT2D eigenvalue weighted by molar-refractivity contribution is 5.92. The van der Waals surface area contributed by atoms with E-state index in [1.165, 1.54) is 6.07 Å². The van der Waals surface area contributed by atoms with Gasteiger partial charge >= 0.3 is 0 Å². The van der Waals surface area contributed by atoms with Crippen LogP contribution in [-0.4, -0.2) is 22.2 Å². The highest BCUT2D eigenvalue weighted by atomic mass is 19.1. The molecule has 0 spiro atoms. The van der Waals surface area contributed by atoms with E-state index in [1.54, 1.807) is 13.0 Å². The molecule has 0 aliphatic heterocycles. The second-order valence-electron chi connectivity index (χ2n) is 6.31. The number of nitriles is 1. The predicted octanol–water partition coefficient (Wildman–Crippen LogP) is 2.00. The largest absolute Gasteiger partial charge is 0.409 e. The standard InChI is InChI=1S/C18H19FN4O3/c1-2-26-23-17(16(21)24)22-12-8-11(9-20)15(19)13(14(12)18(23)25)10-6-4-3-5-7-10/h8,10H,2-7H2,1H3,(H2,21,24). The highest BCUT2D eigenvalue weighted by Crippen LogP contribution is 2.37. The smallest absolute Gasteiger partial charge is 0.295 e. The number of rotatable bonds is 4. The average molecular weight is 358 g/mol. The number of nitrogens with two attached hydrogens (primary N) is 1. The number of primary amides is 1. The van der Waals surface area contributed by atoms with Crippen molar-refractivity contribution in [3.8, 4) is 6.07 Å². The van der Waals surface area contributed by atoms with E-state index >= 15 is 4.39 Å². The first-order chi connectivity index (χ1) is 12.5. The minimum atomic E-state index is -0.945. The van der Waals surface area contributed by atoms with E-state index in [4.69, 9.17) is 10.6 Å². The van der Waals surface area contributed by atoms with Gasteiger partial charge in [-0.05, 0) is 31.7 Å². The van der Waals surface area contributed by atoms with Crippen molar-refractivity contribution in [1.82, 2.24) is 9.71 Å². The summed E-state index contributed by atoms with van der Waals surface area (Å²) in [5.41, 5.74) is 4.70. The number of amides is 1. The van der Waals surface area contributed by atoms with Gasteiger partial charge in [-0.1, -0.05) is 19.3 Å². The Kier molecular flexibility index (Phi) is 4.89. The van der Waals surface area contributed by atoms with Crippen molar-refractivity contribution in [2.75, 3.05) is 6.61 Å². The lowest BCUT2D eigenvalue weighted by molar-refractivity contribution is 0.0834. The highest BCUT2D eigenvalue weighted by Gasteiger charge is 2.28. The summed E-state index contributed by atoms with van der Waals surface area (Å²) >= 11 is 0. The Bertz CT molecular complexity index is 971. The lowest BCUT2D eigenvalue weighted by Crippen LogP contribution is -2.36. The van der Waals surface area contributed by atoms with Crippen molar-refractivity contribution in [2.24, 2.45) is 5.73 Å². The molecule has 1 amide bonds. The maximum Gasteiger partial charge on any atom is 0.295 e. The van der Waals surface area contributed by atoms with Gasteiger partial charge in [0.25, 0.3) is 11.5 Å². The molecule has 1 heterocycles. The van der Waals surface area contributed by atoms with Crippen molar-refractivity contribution < 1.29 is 14.0 Å². The molecule has 26 heavy (non-hydrogen) atoms. The molecule has 136 valence electrons.